The van der Waals surface area contributed by atoms with E-state index in [1.165, 1.54) is 12.1 Å². The fraction of sp³-hybridized carbons (Fsp3) is 0.308. The highest BCUT2D eigenvalue weighted by Crippen LogP contribution is 2.24. The maximum absolute atomic E-state index is 14.0. The molecule has 0 aliphatic rings. The first kappa shape index (κ1) is 12.7. The predicted octanol–water partition coefficient (Wildman–Crippen LogP) is 2.89. The van der Waals surface area contributed by atoms with Crippen LogP contribution >= 0.6 is 0 Å². The zero-order chi connectivity index (χ0) is 13.3. The van der Waals surface area contributed by atoms with Crippen molar-refractivity contribution in [2.45, 2.75) is 19.9 Å². The maximum atomic E-state index is 14.0. The standard InChI is InChI=1S/C13H13F2NO2/c1-3-16-7(2)12(17)9-5-4-8-6-10(14)18-13(8)11(9)15/h4-7,16H,3H2,1-2H3/t7-/m0/s1. The van der Waals surface area contributed by atoms with E-state index in [4.69, 9.17) is 0 Å². The van der Waals surface area contributed by atoms with Gasteiger partial charge in [0, 0.05) is 11.5 Å². The van der Waals surface area contributed by atoms with Crippen molar-refractivity contribution in [1.82, 2.24) is 5.32 Å². The number of fused-ring (bicyclic) bond motifs is 1. The SMILES string of the molecule is CCN[C@@H](C)C(=O)c1ccc2cc(F)oc2c1F. The van der Waals surface area contributed by atoms with E-state index in [0.717, 1.165) is 6.07 Å². The van der Waals surface area contributed by atoms with Crippen LogP contribution in [-0.2, 0) is 0 Å². The van der Waals surface area contributed by atoms with Gasteiger partial charge in [-0.05, 0) is 19.5 Å². The molecule has 0 unspecified atom stereocenters. The number of ketones is 1. The van der Waals surface area contributed by atoms with Gasteiger partial charge in [0.2, 0.25) is 0 Å². The van der Waals surface area contributed by atoms with E-state index >= 15 is 0 Å². The zero-order valence-corrected chi connectivity index (χ0v) is 10.1. The molecular weight excluding hydrogens is 240 g/mol. The second-order valence-electron chi connectivity index (χ2n) is 4.04. The van der Waals surface area contributed by atoms with Crippen LogP contribution in [0.25, 0.3) is 11.0 Å². The van der Waals surface area contributed by atoms with E-state index in [0.29, 0.717) is 11.9 Å². The van der Waals surface area contributed by atoms with Gasteiger partial charge in [0.1, 0.15) is 0 Å². The maximum Gasteiger partial charge on any atom is 0.278 e. The summed E-state index contributed by atoms with van der Waals surface area (Å²) in [4.78, 5) is 12.0. The van der Waals surface area contributed by atoms with Crippen molar-refractivity contribution in [3.63, 3.8) is 0 Å². The Kier molecular flexibility index (Phi) is 3.43. The van der Waals surface area contributed by atoms with Gasteiger partial charge in [0.15, 0.2) is 17.2 Å². The van der Waals surface area contributed by atoms with Gasteiger partial charge in [-0.2, -0.15) is 4.39 Å². The average molecular weight is 253 g/mol. The summed E-state index contributed by atoms with van der Waals surface area (Å²) in [6, 6.07) is 2.54. The third-order valence-electron chi connectivity index (χ3n) is 2.77. The van der Waals surface area contributed by atoms with Crippen molar-refractivity contribution >= 4 is 16.8 Å². The minimum absolute atomic E-state index is 0.0923. The Balaban J connectivity index is 2.45. The molecule has 1 atom stereocenters. The summed E-state index contributed by atoms with van der Waals surface area (Å²) in [5, 5.41) is 3.21. The first-order valence-electron chi connectivity index (χ1n) is 5.69. The minimum atomic E-state index is -0.867. The van der Waals surface area contributed by atoms with Crippen molar-refractivity contribution in [1.29, 1.82) is 0 Å². The van der Waals surface area contributed by atoms with Crippen LogP contribution in [0.4, 0.5) is 8.78 Å². The van der Waals surface area contributed by atoms with Crippen LogP contribution in [0.1, 0.15) is 24.2 Å². The van der Waals surface area contributed by atoms with Crippen LogP contribution in [0.5, 0.6) is 0 Å². The third-order valence-corrected chi connectivity index (χ3v) is 2.77. The Bertz CT molecular complexity index is 592. The molecule has 18 heavy (non-hydrogen) atoms. The van der Waals surface area contributed by atoms with E-state index in [-0.39, 0.29) is 16.9 Å². The van der Waals surface area contributed by atoms with Gasteiger partial charge in [-0.1, -0.05) is 13.0 Å². The van der Waals surface area contributed by atoms with E-state index in [1.807, 2.05) is 6.92 Å². The van der Waals surface area contributed by atoms with Crippen LogP contribution in [0, 0.1) is 11.8 Å². The summed E-state index contributed by atoms with van der Waals surface area (Å²) >= 11 is 0. The number of carbonyl (C=O) groups is 1. The second-order valence-corrected chi connectivity index (χ2v) is 4.04. The number of halogens is 2. The molecule has 0 saturated heterocycles. The lowest BCUT2D eigenvalue weighted by Crippen LogP contribution is -2.34. The first-order valence-corrected chi connectivity index (χ1v) is 5.69. The Morgan fingerprint density at radius 3 is 2.83 bits per heavy atom. The van der Waals surface area contributed by atoms with Gasteiger partial charge < -0.3 is 9.73 Å². The van der Waals surface area contributed by atoms with Gasteiger partial charge in [-0.25, -0.2) is 4.39 Å². The quantitative estimate of drug-likeness (QED) is 0.852. The normalized spacial score (nSPS) is 12.9. The van der Waals surface area contributed by atoms with Gasteiger partial charge in [-0.15, -0.1) is 0 Å². The number of rotatable bonds is 4. The lowest BCUT2D eigenvalue weighted by Gasteiger charge is -2.11. The minimum Gasteiger partial charge on any atom is -0.428 e. The average Bonchev–Trinajstić information content (AvgIpc) is 2.71. The highest BCUT2D eigenvalue weighted by molar-refractivity contribution is 6.02. The number of nitrogens with one attached hydrogen (secondary N) is 1. The molecule has 0 aliphatic carbocycles. The molecule has 2 aromatic rings. The summed E-state index contributed by atoms with van der Waals surface area (Å²) in [6.07, 6.45) is 0. The van der Waals surface area contributed by atoms with Crippen molar-refractivity contribution in [3.05, 3.63) is 35.6 Å². The molecule has 0 amide bonds. The van der Waals surface area contributed by atoms with Crippen LogP contribution in [0.2, 0.25) is 0 Å². The Morgan fingerprint density at radius 2 is 2.17 bits per heavy atom. The number of benzene rings is 1. The van der Waals surface area contributed by atoms with Crippen molar-refractivity contribution in [2.24, 2.45) is 0 Å². The third kappa shape index (κ3) is 2.13. The fourth-order valence-corrected chi connectivity index (χ4v) is 1.86. The van der Waals surface area contributed by atoms with Gasteiger partial charge >= 0.3 is 0 Å². The summed E-state index contributed by atoms with van der Waals surface area (Å²) in [7, 11) is 0. The lowest BCUT2D eigenvalue weighted by atomic mass is 10.0. The van der Waals surface area contributed by atoms with Crippen LogP contribution in [0.3, 0.4) is 0 Å². The highest BCUT2D eigenvalue weighted by atomic mass is 19.1. The molecule has 1 heterocycles. The van der Waals surface area contributed by atoms with Crippen molar-refractivity contribution in [2.75, 3.05) is 6.54 Å². The smallest absolute Gasteiger partial charge is 0.278 e. The largest absolute Gasteiger partial charge is 0.428 e. The molecule has 0 radical (unpaired) electrons. The molecule has 0 aliphatic heterocycles. The molecule has 0 bridgehead atoms. The summed E-state index contributed by atoms with van der Waals surface area (Å²) < 4.78 is 31.5. The second kappa shape index (κ2) is 4.86. The van der Waals surface area contributed by atoms with Crippen molar-refractivity contribution < 1.29 is 18.0 Å². The molecule has 5 heteroatoms. The molecule has 0 fully saturated rings. The number of furan rings is 1. The number of hydrogen-bond donors (Lipinski definition) is 1. The number of carbonyl (C=O) groups excluding carboxylic acids is 1. The molecular formula is C13H13F2NO2. The first-order chi connectivity index (χ1) is 8.54. The van der Waals surface area contributed by atoms with E-state index in [1.54, 1.807) is 6.92 Å². The van der Waals surface area contributed by atoms with Crippen LogP contribution in [0.15, 0.2) is 22.6 Å². The van der Waals surface area contributed by atoms with Crippen LogP contribution in [-0.4, -0.2) is 18.4 Å². The number of likely N-dealkylation sites (N-methyl/N-ethyl adjacent to an activating group) is 1. The fourth-order valence-electron chi connectivity index (χ4n) is 1.86. The van der Waals surface area contributed by atoms with E-state index in [2.05, 4.69) is 9.73 Å². The monoisotopic (exact) mass is 253 g/mol. The zero-order valence-electron chi connectivity index (χ0n) is 10.1. The summed E-state index contributed by atoms with van der Waals surface area (Å²) in [6.45, 7) is 4.11. The topological polar surface area (TPSA) is 42.2 Å². The Labute approximate surface area is 103 Å². The van der Waals surface area contributed by atoms with Gasteiger partial charge in [0.05, 0.1) is 11.6 Å². The molecule has 96 valence electrons. The molecule has 0 saturated carbocycles. The summed E-state index contributed by atoms with van der Waals surface area (Å²) in [5.41, 5.74) is -0.313. The van der Waals surface area contributed by atoms with Gasteiger partial charge in [-0.3, -0.25) is 4.79 Å². The number of hydrogen-bond acceptors (Lipinski definition) is 3. The molecule has 1 N–H and O–H groups in total. The molecule has 2 rings (SSSR count). The molecule has 0 spiro atoms. The van der Waals surface area contributed by atoms with Gasteiger partial charge in [0.25, 0.3) is 6.01 Å². The number of Topliss-reactive ketones (excluding diaryl/α,β-unsaturated/α-hetero) is 1. The predicted molar refractivity (Wildman–Crippen MR) is 63.6 cm³/mol. The Morgan fingerprint density at radius 1 is 1.44 bits per heavy atom. The Hall–Kier alpha value is -1.75. The van der Waals surface area contributed by atoms with Crippen LogP contribution < -0.4 is 5.32 Å². The molecule has 1 aromatic heterocycles. The highest BCUT2D eigenvalue weighted by Gasteiger charge is 2.21. The molecule has 1 aromatic carbocycles. The summed E-state index contributed by atoms with van der Waals surface area (Å²) in [5.74, 6) is -1.20. The van der Waals surface area contributed by atoms with E-state index in [9.17, 15) is 13.6 Å². The molecule has 3 nitrogen and oxygen atoms in total. The van der Waals surface area contributed by atoms with E-state index < -0.39 is 17.9 Å². The lowest BCUT2D eigenvalue weighted by molar-refractivity contribution is 0.0948. The van der Waals surface area contributed by atoms with Crippen molar-refractivity contribution in [3.8, 4) is 0 Å².